The first-order valence-electron chi connectivity index (χ1n) is 6.22. The third kappa shape index (κ3) is 4.56. The van der Waals surface area contributed by atoms with E-state index in [1.807, 2.05) is 6.07 Å². The van der Waals surface area contributed by atoms with E-state index in [9.17, 15) is 0 Å². The van der Waals surface area contributed by atoms with E-state index in [4.69, 9.17) is 17.0 Å². The minimum atomic E-state index is 0.0822. The van der Waals surface area contributed by atoms with Crippen LogP contribution in [0, 0.1) is 0 Å². The van der Waals surface area contributed by atoms with Gasteiger partial charge in [-0.15, -0.1) is 6.58 Å². The van der Waals surface area contributed by atoms with Crippen LogP contribution in [0.5, 0.6) is 5.75 Å². The van der Waals surface area contributed by atoms with Crippen molar-refractivity contribution in [3.05, 3.63) is 36.4 Å². The van der Waals surface area contributed by atoms with Crippen LogP contribution in [-0.2, 0) is 5.41 Å². The Hall–Kier alpha value is -1.55. The molecule has 0 fully saturated rings. The molecule has 0 radical (unpaired) electrons. The summed E-state index contributed by atoms with van der Waals surface area (Å²) in [7, 11) is 1.65. The van der Waals surface area contributed by atoms with Gasteiger partial charge in [0.25, 0.3) is 0 Å². The number of anilines is 1. The molecule has 0 aliphatic rings. The first-order valence-corrected chi connectivity index (χ1v) is 6.63. The van der Waals surface area contributed by atoms with Gasteiger partial charge in [0.1, 0.15) is 5.75 Å². The average molecular weight is 278 g/mol. The average Bonchev–Trinajstić information content (AvgIpc) is 2.35. The van der Waals surface area contributed by atoms with Crippen molar-refractivity contribution in [3.8, 4) is 5.75 Å². The van der Waals surface area contributed by atoms with E-state index in [1.165, 1.54) is 5.56 Å². The Morgan fingerprint density at radius 1 is 1.42 bits per heavy atom. The molecule has 0 aromatic heterocycles. The monoisotopic (exact) mass is 278 g/mol. The molecule has 0 spiro atoms. The molecule has 0 heterocycles. The molecule has 0 bridgehead atoms. The number of rotatable bonds is 4. The van der Waals surface area contributed by atoms with Crippen molar-refractivity contribution in [1.82, 2.24) is 5.32 Å². The lowest BCUT2D eigenvalue weighted by Gasteiger charge is -2.21. The van der Waals surface area contributed by atoms with E-state index < -0.39 is 0 Å². The van der Waals surface area contributed by atoms with Crippen LogP contribution in [0.1, 0.15) is 26.3 Å². The smallest absolute Gasteiger partial charge is 0.171 e. The number of hydrogen-bond acceptors (Lipinski definition) is 2. The molecule has 1 rings (SSSR count). The van der Waals surface area contributed by atoms with Crippen LogP contribution in [-0.4, -0.2) is 18.8 Å². The number of hydrogen-bond donors (Lipinski definition) is 2. The molecule has 19 heavy (non-hydrogen) atoms. The zero-order valence-electron chi connectivity index (χ0n) is 12.0. The predicted molar refractivity (Wildman–Crippen MR) is 86.1 cm³/mol. The van der Waals surface area contributed by atoms with Gasteiger partial charge >= 0.3 is 0 Å². The van der Waals surface area contributed by atoms with Gasteiger partial charge < -0.3 is 15.4 Å². The van der Waals surface area contributed by atoms with Gasteiger partial charge in [0.05, 0.1) is 12.8 Å². The summed E-state index contributed by atoms with van der Waals surface area (Å²) in [5.74, 6) is 0.774. The number of methoxy groups -OCH3 is 1. The number of nitrogens with one attached hydrogen (secondary N) is 2. The maximum Gasteiger partial charge on any atom is 0.171 e. The van der Waals surface area contributed by atoms with Crippen LogP contribution in [0.15, 0.2) is 30.9 Å². The number of ether oxygens (including phenoxy) is 1. The Morgan fingerprint density at radius 2 is 2.11 bits per heavy atom. The molecular weight excluding hydrogens is 256 g/mol. The lowest BCUT2D eigenvalue weighted by atomic mass is 9.87. The lowest BCUT2D eigenvalue weighted by molar-refractivity contribution is 0.416. The minimum absolute atomic E-state index is 0.0822. The fraction of sp³-hybridized carbons (Fsp3) is 0.400. The van der Waals surface area contributed by atoms with Crippen LogP contribution in [0.4, 0.5) is 5.69 Å². The van der Waals surface area contributed by atoms with Crippen LogP contribution < -0.4 is 15.4 Å². The molecule has 0 saturated carbocycles. The summed E-state index contributed by atoms with van der Waals surface area (Å²) in [6.07, 6.45) is 1.76. The van der Waals surface area contributed by atoms with Crippen molar-refractivity contribution < 1.29 is 4.74 Å². The van der Waals surface area contributed by atoms with E-state index in [2.05, 4.69) is 50.1 Å². The van der Waals surface area contributed by atoms with Crippen LogP contribution in [0.3, 0.4) is 0 Å². The molecule has 0 atom stereocenters. The molecule has 0 unspecified atom stereocenters. The zero-order chi connectivity index (χ0) is 14.5. The van der Waals surface area contributed by atoms with E-state index >= 15 is 0 Å². The highest BCUT2D eigenvalue weighted by Crippen LogP contribution is 2.31. The summed E-state index contributed by atoms with van der Waals surface area (Å²) in [6, 6.07) is 6.10. The van der Waals surface area contributed by atoms with Crippen molar-refractivity contribution in [3.63, 3.8) is 0 Å². The number of thiocarbonyl (C=S) groups is 1. The van der Waals surface area contributed by atoms with E-state index in [1.54, 1.807) is 13.2 Å². The highest BCUT2D eigenvalue weighted by molar-refractivity contribution is 7.80. The quantitative estimate of drug-likeness (QED) is 0.653. The van der Waals surface area contributed by atoms with Gasteiger partial charge in [-0.05, 0) is 35.3 Å². The van der Waals surface area contributed by atoms with Crippen molar-refractivity contribution in [2.24, 2.45) is 0 Å². The van der Waals surface area contributed by atoms with Crippen molar-refractivity contribution in [2.75, 3.05) is 19.0 Å². The maximum atomic E-state index is 5.35. The van der Waals surface area contributed by atoms with Gasteiger partial charge in [0.15, 0.2) is 5.11 Å². The minimum Gasteiger partial charge on any atom is -0.495 e. The second-order valence-electron chi connectivity index (χ2n) is 5.29. The predicted octanol–water partition coefficient (Wildman–Crippen LogP) is 3.47. The topological polar surface area (TPSA) is 33.3 Å². The SMILES string of the molecule is C=CCNC(=S)Nc1cc(C(C)(C)C)ccc1OC. The molecule has 1 aromatic carbocycles. The second kappa shape index (κ2) is 6.57. The van der Waals surface area contributed by atoms with Crippen LogP contribution in [0.25, 0.3) is 0 Å². The normalized spacial score (nSPS) is 10.7. The lowest BCUT2D eigenvalue weighted by Crippen LogP contribution is -2.28. The van der Waals surface area contributed by atoms with Crippen molar-refractivity contribution >= 4 is 23.0 Å². The summed E-state index contributed by atoms with van der Waals surface area (Å²) in [5.41, 5.74) is 2.18. The highest BCUT2D eigenvalue weighted by Gasteiger charge is 2.16. The summed E-state index contributed by atoms with van der Waals surface area (Å²) in [6.45, 7) is 10.8. The largest absolute Gasteiger partial charge is 0.495 e. The van der Waals surface area contributed by atoms with E-state index in [-0.39, 0.29) is 5.41 Å². The number of benzene rings is 1. The van der Waals surface area contributed by atoms with Gasteiger partial charge in [-0.2, -0.15) is 0 Å². The van der Waals surface area contributed by atoms with Crippen LogP contribution >= 0.6 is 12.2 Å². The maximum absolute atomic E-state index is 5.35. The molecule has 0 saturated heterocycles. The van der Waals surface area contributed by atoms with Gasteiger partial charge in [0.2, 0.25) is 0 Å². The molecular formula is C15H22N2OS. The molecule has 3 nitrogen and oxygen atoms in total. The summed E-state index contributed by atoms with van der Waals surface area (Å²) < 4.78 is 5.35. The molecule has 0 amide bonds. The fourth-order valence-corrected chi connectivity index (χ4v) is 1.80. The van der Waals surface area contributed by atoms with Crippen LogP contribution in [0.2, 0.25) is 0 Å². The van der Waals surface area contributed by atoms with Gasteiger partial charge in [0, 0.05) is 6.54 Å². The first kappa shape index (κ1) is 15.5. The summed E-state index contributed by atoms with van der Waals surface area (Å²) in [4.78, 5) is 0. The van der Waals surface area contributed by atoms with E-state index in [0.717, 1.165) is 11.4 Å². The summed E-state index contributed by atoms with van der Waals surface area (Å²) >= 11 is 5.22. The Kier molecular flexibility index (Phi) is 5.36. The Balaban J connectivity index is 2.96. The standard InChI is InChI=1S/C15H22N2OS/c1-6-9-16-14(19)17-12-10-11(15(2,3)4)7-8-13(12)18-5/h6-8,10H,1,9H2,2-5H3,(H2,16,17,19). The van der Waals surface area contributed by atoms with Crippen molar-refractivity contribution in [1.29, 1.82) is 0 Å². The Bertz CT molecular complexity index is 464. The van der Waals surface area contributed by atoms with Crippen molar-refractivity contribution in [2.45, 2.75) is 26.2 Å². The molecule has 0 aliphatic carbocycles. The zero-order valence-corrected chi connectivity index (χ0v) is 12.9. The summed E-state index contributed by atoms with van der Waals surface area (Å²) in [5, 5.41) is 6.75. The molecule has 104 valence electrons. The highest BCUT2D eigenvalue weighted by atomic mass is 32.1. The van der Waals surface area contributed by atoms with Gasteiger partial charge in [-0.1, -0.05) is 32.9 Å². The Labute approximate surface area is 121 Å². The molecule has 0 aliphatic heterocycles. The van der Waals surface area contributed by atoms with E-state index in [0.29, 0.717) is 11.7 Å². The van der Waals surface area contributed by atoms with Gasteiger partial charge in [-0.3, -0.25) is 0 Å². The molecule has 1 aromatic rings. The first-order chi connectivity index (χ1) is 8.88. The molecule has 2 N–H and O–H groups in total. The fourth-order valence-electron chi connectivity index (χ4n) is 1.60. The third-order valence-electron chi connectivity index (χ3n) is 2.72. The Morgan fingerprint density at radius 3 is 2.63 bits per heavy atom. The molecule has 4 heteroatoms. The van der Waals surface area contributed by atoms with Gasteiger partial charge in [-0.25, -0.2) is 0 Å². The second-order valence-corrected chi connectivity index (χ2v) is 5.70. The third-order valence-corrected chi connectivity index (χ3v) is 2.97.